The van der Waals surface area contributed by atoms with Gasteiger partial charge in [-0.1, -0.05) is 60.7 Å². The number of alkyl halides is 3. The van der Waals surface area contributed by atoms with Gasteiger partial charge in [0.05, 0.1) is 11.1 Å². The van der Waals surface area contributed by atoms with Gasteiger partial charge in [0.2, 0.25) is 0 Å². The van der Waals surface area contributed by atoms with Gasteiger partial charge in [-0.2, -0.15) is 13.2 Å². The van der Waals surface area contributed by atoms with Crippen LogP contribution in [0.1, 0.15) is 45.9 Å². The number of carbonyl (C=O) groups excluding carboxylic acids is 1. The lowest BCUT2D eigenvalue weighted by molar-refractivity contribution is -0.137. The summed E-state index contributed by atoms with van der Waals surface area (Å²) in [6.45, 7) is 2.97. The number of aromatic carboxylic acids is 1. The zero-order valence-corrected chi connectivity index (χ0v) is 22.3. The van der Waals surface area contributed by atoms with Crippen LogP contribution in [0, 0.1) is 5.92 Å². The van der Waals surface area contributed by atoms with Gasteiger partial charge in [-0.05, 0) is 65.1 Å². The summed E-state index contributed by atoms with van der Waals surface area (Å²) in [5.41, 5.74) is 0.941. The van der Waals surface area contributed by atoms with Gasteiger partial charge in [-0.3, -0.25) is 0 Å². The molecule has 3 atom stereocenters. The molecule has 9 heteroatoms. The Hall–Kier alpha value is -4.37. The molecule has 0 saturated carbocycles. The van der Waals surface area contributed by atoms with E-state index >= 15 is 0 Å². The number of nitrogens with one attached hydrogen (secondary N) is 1. The molecule has 0 radical (unpaired) electrons. The van der Waals surface area contributed by atoms with Crippen LogP contribution in [0.25, 0.3) is 10.8 Å². The normalized spacial score (nSPS) is 17.9. The Bertz CT molecular complexity index is 1550. The third-order valence-corrected chi connectivity index (χ3v) is 7.62. The molecule has 1 heterocycles. The van der Waals surface area contributed by atoms with Crippen molar-refractivity contribution in [1.82, 2.24) is 10.2 Å². The topological polar surface area (TPSA) is 78.9 Å². The van der Waals surface area contributed by atoms with Gasteiger partial charge in [0.1, 0.15) is 5.75 Å². The van der Waals surface area contributed by atoms with E-state index in [4.69, 9.17) is 9.84 Å². The zero-order chi connectivity index (χ0) is 29.1. The fourth-order valence-electron chi connectivity index (χ4n) is 5.45. The Labute approximate surface area is 235 Å². The maximum absolute atomic E-state index is 13.5. The van der Waals surface area contributed by atoms with Gasteiger partial charge in [0.15, 0.2) is 0 Å². The number of fused-ring (bicyclic) bond motifs is 1. The summed E-state index contributed by atoms with van der Waals surface area (Å²) in [5.74, 6) is -1.45. The van der Waals surface area contributed by atoms with Crippen LogP contribution in [0.4, 0.5) is 18.0 Å². The number of likely N-dealkylation sites (tertiary alicyclic amines) is 1. The van der Waals surface area contributed by atoms with Crippen molar-refractivity contribution in [3.8, 4) is 5.75 Å². The van der Waals surface area contributed by atoms with Crippen LogP contribution in [0.15, 0.2) is 91.0 Å². The summed E-state index contributed by atoms with van der Waals surface area (Å²) in [4.78, 5) is 25.7. The molecule has 0 aromatic heterocycles. The Morgan fingerprint density at radius 1 is 0.976 bits per heavy atom. The number of ether oxygens (including phenoxy) is 1. The van der Waals surface area contributed by atoms with E-state index in [2.05, 4.69) is 17.4 Å². The van der Waals surface area contributed by atoms with Crippen molar-refractivity contribution in [3.05, 3.63) is 113 Å². The average Bonchev–Trinajstić information content (AvgIpc) is 3.40. The third-order valence-electron chi connectivity index (χ3n) is 7.62. The van der Waals surface area contributed by atoms with E-state index in [9.17, 15) is 22.8 Å². The summed E-state index contributed by atoms with van der Waals surface area (Å²) in [7, 11) is 0. The second kappa shape index (κ2) is 11.6. The molecule has 1 amide bonds. The molecule has 1 aliphatic heterocycles. The predicted molar refractivity (Wildman–Crippen MR) is 149 cm³/mol. The Morgan fingerprint density at radius 3 is 2.41 bits per heavy atom. The van der Waals surface area contributed by atoms with Gasteiger partial charge in [0, 0.05) is 31.6 Å². The Kier molecular flexibility index (Phi) is 7.99. The number of carbonyl (C=O) groups is 2. The van der Waals surface area contributed by atoms with Crippen LogP contribution in [0.2, 0.25) is 0 Å². The molecule has 1 fully saturated rings. The fourth-order valence-corrected chi connectivity index (χ4v) is 5.45. The Morgan fingerprint density at radius 2 is 1.68 bits per heavy atom. The van der Waals surface area contributed by atoms with E-state index in [0.29, 0.717) is 12.1 Å². The number of carboxylic acid groups (broad SMARTS) is 1. The summed E-state index contributed by atoms with van der Waals surface area (Å²) >= 11 is 0. The first-order valence-electron chi connectivity index (χ1n) is 13.3. The largest absolute Gasteiger partial charge is 0.478 e. The highest BCUT2D eigenvalue weighted by Crippen LogP contribution is 2.37. The second-order valence-corrected chi connectivity index (χ2v) is 10.3. The summed E-state index contributed by atoms with van der Waals surface area (Å²) < 4.78 is 46.0. The molecular weight excluding hydrogens is 533 g/mol. The first kappa shape index (κ1) is 28.2. The van der Waals surface area contributed by atoms with Crippen LogP contribution in [-0.4, -0.2) is 41.7 Å². The molecule has 41 heavy (non-hydrogen) atoms. The SMILES string of the molecule is C[C@@H](NC[C@@H]1CN(C(=O)Oc2ccc(C(=O)O)cc2)C[C@@H]1c1cccc(C(F)(F)F)c1)c1cccc2ccccc12. The van der Waals surface area contributed by atoms with E-state index in [-0.39, 0.29) is 42.3 Å². The highest BCUT2D eigenvalue weighted by molar-refractivity contribution is 5.88. The summed E-state index contributed by atoms with van der Waals surface area (Å²) in [5, 5.41) is 14.9. The first-order chi connectivity index (χ1) is 19.6. The van der Waals surface area contributed by atoms with Gasteiger partial charge in [-0.15, -0.1) is 0 Å². The smallest absolute Gasteiger partial charge is 0.416 e. The maximum atomic E-state index is 13.5. The van der Waals surface area contributed by atoms with E-state index in [0.717, 1.165) is 28.5 Å². The molecular formula is C32H29F3N2O4. The van der Waals surface area contributed by atoms with Gasteiger partial charge < -0.3 is 20.1 Å². The first-order valence-corrected chi connectivity index (χ1v) is 13.3. The van der Waals surface area contributed by atoms with Gasteiger partial charge in [0.25, 0.3) is 0 Å². The minimum atomic E-state index is -4.48. The standard InChI is InChI=1S/C32H29F3N2O4/c1-20(27-11-5-7-21-6-2-3-10-28(21)27)36-17-24-18-37(31(40)41-26-14-12-22(13-15-26)30(38)39)19-29(24)23-8-4-9-25(16-23)32(33,34)35/h2-16,20,24,29,36H,17-19H2,1H3,(H,38,39)/t20-,24-,29-/m1/s1. The van der Waals surface area contributed by atoms with Crippen molar-refractivity contribution in [1.29, 1.82) is 0 Å². The van der Waals surface area contributed by atoms with E-state index < -0.39 is 23.8 Å². The van der Waals surface area contributed by atoms with Gasteiger partial charge >= 0.3 is 18.2 Å². The lowest BCUT2D eigenvalue weighted by atomic mass is 9.87. The fraction of sp³-hybridized carbons (Fsp3) is 0.250. The molecule has 0 bridgehead atoms. The predicted octanol–water partition coefficient (Wildman–Crippen LogP) is 7.12. The van der Waals surface area contributed by atoms with E-state index in [1.54, 1.807) is 6.07 Å². The summed E-state index contributed by atoms with van der Waals surface area (Å²) in [6.07, 6.45) is -5.12. The quantitative estimate of drug-likeness (QED) is 0.251. The zero-order valence-electron chi connectivity index (χ0n) is 22.3. The monoisotopic (exact) mass is 562 g/mol. The molecule has 6 nitrogen and oxygen atoms in total. The lowest BCUT2D eigenvalue weighted by Crippen LogP contribution is -2.33. The number of carboxylic acids is 1. The number of amides is 1. The van der Waals surface area contributed by atoms with Crippen molar-refractivity contribution in [2.45, 2.75) is 25.1 Å². The number of halogens is 3. The van der Waals surface area contributed by atoms with Gasteiger partial charge in [-0.25, -0.2) is 9.59 Å². The van der Waals surface area contributed by atoms with Crippen LogP contribution in [0.3, 0.4) is 0 Å². The number of hydrogen-bond donors (Lipinski definition) is 2. The highest BCUT2D eigenvalue weighted by Gasteiger charge is 2.38. The van der Waals surface area contributed by atoms with Crippen molar-refractivity contribution in [3.63, 3.8) is 0 Å². The number of nitrogens with zero attached hydrogens (tertiary/aromatic N) is 1. The molecule has 1 aliphatic rings. The Balaban J connectivity index is 1.36. The number of benzene rings is 4. The summed E-state index contributed by atoms with van der Waals surface area (Å²) in [6, 6.07) is 24.9. The number of hydrogen-bond acceptors (Lipinski definition) is 4. The minimum Gasteiger partial charge on any atom is -0.478 e. The maximum Gasteiger partial charge on any atom is 0.416 e. The molecule has 4 aromatic carbocycles. The van der Waals surface area contributed by atoms with Crippen LogP contribution >= 0.6 is 0 Å². The minimum absolute atomic E-state index is 0.0444. The van der Waals surface area contributed by atoms with Crippen molar-refractivity contribution in [2.75, 3.05) is 19.6 Å². The molecule has 2 N–H and O–H groups in total. The molecule has 212 valence electrons. The molecule has 0 spiro atoms. The second-order valence-electron chi connectivity index (χ2n) is 10.3. The molecule has 4 aromatic rings. The van der Waals surface area contributed by atoms with E-state index in [1.807, 2.05) is 37.3 Å². The van der Waals surface area contributed by atoms with Crippen molar-refractivity contribution in [2.24, 2.45) is 5.92 Å². The number of rotatable bonds is 7. The average molecular weight is 563 g/mol. The molecule has 0 unspecified atom stereocenters. The highest BCUT2D eigenvalue weighted by atomic mass is 19.4. The van der Waals surface area contributed by atoms with Crippen LogP contribution < -0.4 is 10.1 Å². The third kappa shape index (κ3) is 6.36. The van der Waals surface area contributed by atoms with Crippen LogP contribution in [0.5, 0.6) is 5.75 Å². The van der Waals surface area contributed by atoms with Crippen LogP contribution in [-0.2, 0) is 6.18 Å². The van der Waals surface area contributed by atoms with Crippen molar-refractivity contribution >= 4 is 22.8 Å². The molecule has 0 aliphatic carbocycles. The van der Waals surface area contributed by atoms with E-state index in [1.165, 1.54) is 35.2 Å². The molecule has 1 saturated heterocycles. The molecule has 5 rings (SSSR count). The van der Waals surface area contributed by atoms with Crippen molar-refractivity contribution < 1.29 is 32.6 Å². The lowest BCUT2D eigenvalue weighted by Gasteiger charge is -2.23.